The van der Waals surface area contributed by atoms with E-state index in [4.69, 9.17) is 4.98 Å². The minimum Gasteiger partial charge on any atom is -0.332 e. The summed E-state index contributed by atoms with van der Waals surface area (Å²) in [5.41, 5.74) is 5.98. The zero-order valence-electron chi connectivity index (χ0n) is 21.6. The summed E-state index contributed by atoms with van der Waals surface area (Å²) in [4.78, 5) is 26.1. The molecule has 2 aromatic heterocycles. The van der Waals surface area contributed by atoms with Gasteiger partial charge < -0.3 is 4.57 Å². The summed E-state index contributed by atoms with van der Waals surface area (Å²) < 4.78 is 15.6. The predicted octanol–water partition coefficient (Wildman–Crippen LogP) is 5.91. The molecule has 196 valence electrons. The quantitative estimate of drug-likeness (QED) is 0.338. The van der Waals surface area contributed by atoms with Crippen LogP contribution in [0.1, 0.15) is 51.3 Å². The van der Waals surface area contributed by atoms with Crippen molar-refractivity contribution in [2.24, 2.45) is 0 Å². The molecule has 0 radical (unpaired) electrons. The predicted molar refractivity (Wildman–Crippen MR) is 150 cm³/mol. The van der Waals surface area contributed by atoms with Crippen LogP contribution in [0.2, 0.25) is 0 Å². The summed E-state index contributed by atoms with van der Waals surface area (Å²) in [5, 5.41) is 3.68. The van der Waals surface area contributed by atoms with Gasteiger partial charge in [0, 0.05) is 47.9 Å². The van der Waals surface area contributed by atoms with Gasteiger partial charge in [-0.1, -0.05) is 42.0 Å². The number of carbonyl (C=O) groups excluding carboxylic acids is 1. The van der Waals surface area contributed by atoms with Gasteiger partial charge in [-0.15, -0.1) is 11.3 Å². The highest BCUT2D eigenvalue weighted by Gasteiger charge is 2.30. The molecule has 1 unspecified atom stereocenters. The third-order valence-electron chi connectivity index (χ3n) is 7.64. The molecule has 2 aliphatic rings. The van der Waals surface area contributed by atoms with Crippen LogP contribution in [0.3, 0.4) is 0 Å². The van der Waals surface area contributed by atoms with Crippen molar-refractivity contribution in [2.45, 2.75) is 57.8 Å². The summed E-state index contributed by atoms with van der Waals surface area (Å²) in [6.07, 6.45) is 7.38. The molecule has 6 rings (SSSR count). The zero-order chi connectivity index (χ0) is 26.1. The Morgan fingerprint density at radius 2 is 1.95 bits per heavy atom. The van der Waals surface area contributed by atoms with Gasteiger partial charge in [0.15, 0.2) is 5.13 Å². The van der Waals surface area contributed by atoms with Crippen LogP contribution in [-0.2, 0) is 19.4 Å². The van der Waals surface area contributed by atoms with Crippen molar-refractivity contribution in [2.75, 3.05) is 18.4 Å². The summed E-state index contributed by atoms with van der Waals surface area (Å²) in [6, 6.07) is 16.5. The van der Waals surface area contributed by atoms with E-state index in [1.54, 1.807) is 11.3 Å². The molecule has 8 heteroatoms. The molecule has 1 N–H and O–H groups in total. The number of anilines is 1. The average molecular weight is 530 g/mol. The highest BCUT2D eigenvalue weighted by Crippen LogP contribution is 2.33. The largest absolute Gasteiger partial charge is 0.332 e. The Balaban J connectivity index is 1.09. The molecular weight excluding hydrogens is 497 g/mol. The summed E-state index contributed by atoms with van der Waals surface area (Å²) >= 11 is 1.58. The summed E-state index contributed by atoms with van der Waals surface area (Å²) in [5.74, 6) is -0.148. The van der Waals surface area contributed by atoms with Crippen LogP contribution in [0.25, 0.3) is 11.3 Å². The second-order valence-corrected chi connectivity index (χ2v) is 11.5. The topological polar surface area (TPSA) is 63.1 Å². The second-order valence-electron chi connectivity index (χ2n) is 10.4. The molecule has 1 atom stereocenters. The number of amides is 1. The van der Waals surface area contributed by atoms with Gasteiger partial charge in [-0.05, 0) is 56.7 Å². The lowest BCUT2D eigenvalue weighted by atomic mass is 9.94. The number of alkyl halides is 1. The van der Waals surface area contributed by atoms with E-state index in [1.807, 2.05) is 41.4 Å². The average Bonchev–Trinajstić information content (AvgIpc) is 3.56. The van der Waals surface area contributed by atoms with Crippen molar-refractivity contribution in [1.29, 1.82) is 0 Å². The lowest BCUT2D eigenvalue weighted by molar-refractivity contribution is 0.102. The Hall–Kier alpha value is -3.36. The first-order valence-corrected chi connectivity index (χ1v) is 14.2. The second kappa shape index (κ2) is 10.8. The number of likely N-dealkylation sites (tertiary alicyclic amines) is 1. The van der Waals surface area contributed by atoms with E-state index in [0.717, 1.165) is 54.9 Å². The van der Waals surface area contributed by atoms with Crippen LogP contribution >= 0.6 is 11.3 Å². The van der Waals surface area contributed by atoms with Crippen LogP contribution in [0.15, 0.2) is 61.1 Å². The van der Waals surface area contributed by atoms with Gasteiger partial charge in [0.2, 0.25) is 0 Å². The summed E-state index contributed by atoms with van der Waals surface area (Å²) in [7, 11) is 0. The van der Waals surface area contributed by atoms with E-state index in [2.05, 4.69) is 46.4 Å². The molecule has 6 nitrogen and oxygen atoms in total. The fourth-order valence-electron chi connectivity index (χ4n) is 5.47. The van der Waals surface area contributed by atoms with E-state index < -0.39 is 6.17 Å². The van der Waals surface area contributed by atoms with E-state index in [0.29, 0.717) is 36.1 Å². The van der Waals surface area contributed by atoms with Crippen molar-refractivity contribution in [3.05, 3.63) is 88.3 Å². The number of nitrogens with one attached hydrogen (secondary N) is 1. The standard InChI is InChI=1S/C30H32FN5OS/c1-20-5-7-22(8-6-20)27-18-35(19-32-27)17-21-3-2-4-23(15-21)29(37)34-30-33-26-10-9-25(16-28(26)38-30)36-13-11-24(31)12-14-36/h2-8,15,18-19,24-25H,9-14,16-17H2,1H3,(H,33,34,37). The fourth-order valence-corrected chi connectivity index (χ4v) is 6.54. The maximum absolute atomic E-state index is 13.6. The number of aryl methyl sites for hydroxylation is 2. The highest BCUT2D eigenvalue weighted by atomic mass is 32.1. The highest BCUT2D eigenvalue weighted by molar-refractivity contribution is 7.15. The Labute approximate surface area is 226 Å². The SMILES string of the molecule is Cc1ccc(-c2cn(Cc3cccc(C(=O)Nc4nc5c(s4)CC(N4CCC(F)CC4)CC5)c3)cn2)cc1. The first-order valence-electron chi connectivity index (χ1n) is 13.4. The molecular formula is C30H32FN5OS. The molecule has 4 aromatic rings. The minimum absolute atomic E-state index is 0.148. The van der Waals surface area contributed by atoms with Crippen molar-refractivity contribution in [3.63, 3.8) is 0 Å². The summed E-state index contributed by atoms with van der Waals surface area (Å²) in [6.45, 7) is 4.38. The molecule has 1 aliphatic heterocycles. The monoisotopic (exact) mass is 529 g/mol. The first-order chi connectivity index (χ1) is 18.5. The maximum Gasteiger partial charge on any atom is 0.257 e. The van der Waals surface area contributed by atoms with Crippen molar-refractivity contribution in [3.8, 4) is 11.3 Å². The van der Waals surface area contributed by atoms with Crippen LogP contribution in [0.5, 0.6) is 0 Å². The molecule has 1 saturated heterocycles. The molecule has 3 heterocycles. The van der Waals surface area contributed by atoms with Gasteiger partial charge in [-0.3, -0.25) is 15.0 Å². The Bertz CT molecular complexity index is 1420. The molecule has 38 heavy (non-hydrogen) atoms. The molecule has 1 aliphatic carbocycles. The van der Waals surface area contributed by atoms with E-state index in [-0.39, 0.29) is 5.91 Å². The number of thiazole rings is 1. The number of imidazole rings is 1. The molecule has 2 aromatic carbocycles. The molecule has 0 saturated carbocycles. The van der Waals surface area contributed by atoms with Gasteiger partial charge in [-0.2, -0.15) is 0 Å². The number of carbonyl (C=O) groups is 1. The number of aromatic nitrogens is 3. The lowest BCUT2D eigenvalue weighted by Crippen LogP contribution is -2.44. The maximum atomic E-state index is 13.6. The van der Waals surface area contributed by atoms with Crippen molar-refractivity contribution < 1.29 is 9.18 Å². The molecule has 0 bridgehead atoms. The van der Waals surface area contributed by atoms with Gasteiger partial charge >= 0.3 is 0 Å². The number of halogens is 1. The number of nitrogens with zero attached hydrogens (tertiary/aromatic N) is 4. The minimum atomic E-state index is -0.648. The van der Waals surface area contributed by atoms with Crippen molar-refractivity contribution >= 4 is 22.4 Å². The fraction of sp³-hybridized carbons (Fsp3) is 0.367. The van der Waals surface area contributed by atoms with Crippen LogP contribution < -0.4 is 5.32 Å². The zero-order valence-corrected chi connectivity index (χ0v) is 22.4. The van der Waals surface area contributed by atoms with E-state index in [9.17, 15) is 9.18 Å². The van der Waals surface area contributed by atoms with Crippen LogP contribution in [-0.4, -0.2) is 50.6 Å². The number of hydrogen-bond donors (Lipinski definition) is 1. The number of piperidine rings is 1. The van der Waals surface area contributed by atoms with Gasteiger partial charge in [0.05, 0.1) is 17.7 Å². The third-order valence-corrected chi connectivity index (χ3v) is 8.68. The van der Waals surface area contributed by atoms with Gasteiger partial charge in [-0.25, -0.2) is 14.4 Å². The van der Waals surface area contributed by atoms with Crippen LogP contribution in [0.4, 0.5) is 9.52 Å². The third kappa shape index (κ3) is 5.56. The Kier molecular flexibility index (Phi) is 7.08. The van der Waals surface area contributed by atoms with E-state index in [1.165, 1.54) is 10.4 Å². The lowest BCUT2D eigenvalue weighted by Gasteiger charge is -2.37. The van der Waals surface area contributed by atoms with E-state index >= 15 is 0 Å². The number of rotatable bonds is 6. The number of benzene rings is 2. The normalized spacial score (nSPS) is 18.3. The van der Waals surface area contributed by atoms with Crippen LogP contribution in [0, 0.1) is 6.92 Å². The number of hydrogen-bond acceptors (Lipinski definition) is 5. The number of fused-ring (bicyclic) bond motifs is 1. The molecule has 1 fully saturated rings. The molecule has 0 spiro atoms. The first kappa shape index (κ1) is 24.9. The Morgan fingerprint density at radius 1 is 1.13 bits per heavy atom. The smallest absolute Gasteiger partial charge is 0.257 e. The Morgan fingerprint density at radius 3 is 2.76 bits per heavy atom. The van der Waals surface area contributed by atoms with Gasteiger partial charge in [0.25, 0.3) is 5.91 Å². The van der Waals surface area contributed by atoms with Gasteiger partial charge in [0.1, 0.15) is 6.17 Å². The van der Waals surface area contributed by atoms with Crippen molar-refractivity contribution in [1.82, 2.24) is 19.4 Å². The molecule has 1 amide bonds.